The molecular formula is C11H21N. The number of nitrogens with one attached hydrogen (secondary N) is 1. The van der Waals surface area contributed by atoms with Crippen LogP contribution in [0.2, 0.25) is 0 Å². The summed E-state index contributed by atoms with van der Waals surface area (Å²) >= 11 is 0. The zero-order valence-electron chi connectivity index (χ0n) is 8.18. The first kappa shape index (κ1) is 9.79. The van der Waals surface area contributed by atoms with Crippen LogP contribution in [0.5, 0.6) is 0 Å². The van der Waals surface area contributed by atoms with Crippen LogP contribution in [0.15, 0.2) is 12.7 Å². The summed E-state index contributed by atoms with van der Waals surface area (Å²) in [7, 11) is 0. The van der Waals surface area contributed by atoms with Gasteiger partial charge in [-0.1, -0.05) is 25.3 Å². The van der Waals surface area contributed by atoms with Gasteiger partial charge in [-0.15, -0.1) is 6.58 Å². The van der Waals surface area contributed by atoms with E-state index in [9.17, 15) is 0 Å². The third kappa shape index (κ3) is 2.98. The van der Waals surface area contributed by atoms with Gasteiger partial charge in [-0.2, -0.15) is 0 Å². The normalized spacial score (nSPS) is 22.1. The Bertz CT molecular complexity index is 125. The molecule has 0 aliphatic heterocycles. The third-order valence-electron chi connectivity index (χ3n) is 2.94. The molecule has 70 valence electrons. The van der Waals surface area contributed by atoms with E-state index in [0.717, 1.165) is 12.5 Å². The zero-order valence-corrected chi connectivity index (χ0v) is 8.18. The van der Waals surface area contributed by atoms with Gasteiger partial charge in [-0.3, -0.25) is 0 Å². The second kappa shape index (κ2) is 5.36. The fourth-order valence-electron chi connectivity index (χ4n) is 2.07. The van der Waals surface area contributed by atoms with Crippen molar-refractivity contribution in [3.05, 3.63) is 12.7 Å². The maximum absolute atomic E-state index is 3.72. The van der Waals surface area contributed by atoms with Crippen molar-refractivity contribution in [3.63, 3.8) is 0 Å². The van der Waals surface area contributed by atoms with Crippen molar-refractivity contribution in [3.8, 4) is 0 Å². The first-order valence-corrected chi connectivity index (χ1v) is 5.19. The number of hydrogen-bond donors (Lipinski definition) is 1. The minimum Gasteiger partial charge on any atom is -0.311 e. The van der Waals surface area contributed by atoms with Crippen molar-refractivity contribution < 1.29 is 0 Å². The molecule has 1 heteroatoms. The third-order valence-corrected chi connectivity index (χ3v) is 2.94. The molecule has 0 bridgehead atoms. The lowest BCUT2D eigenvalue weighted by molar-refractivity contribution is 0.287. The van der Waals surface area contributed by atoms with Crippen molar-refractivity contribution in [2.24, 2.45) is 5.92 Å². The molecule has 0 amide bonds. The van der Waals surface area contributed by atoms with Gasteiger partial charge in [-0.05, 0) is 25.7 Å². The molecule has 1 fully saturated rings. The highest BCUT2D eigenvalue weighted by Gasteiger charge is 2.18. The summed E-state index contributed by atoms with van der Waals surface area (Å²) in [6.45, 7) is 6.98. The Morgan fingerprint density at radius 1 is 1.42 bits per heavy atom. The van der Waals surface area contributed by atoms with Gasteiger partial charge in [0.05, 0.1) is 0 Å². The molecule has 0 heterocycles. The highest BCUT2D eigenvalue weighted by atomic mass is 14.9. The fraction of sp³-hybridized carbons (Fsp3) is 0.818. The van der Waals surface area contributed by atoms with Gasteiger partial charge in [0.15, 0.2) is 0 Å². The molecule has 0 spiro atoms. The SMILES string of the molecule is C=CCN[C@H](C)C1CCCCC1. The number of hydrogen-bond acceptors (Lipinski definition) is 1. The Morgan fingerprint density at radius 3 is 2.67 bits per heavy atom. The topological polar surface area (TPSA) is 12.0 Å². The first-order chi connectivity index (χ1) is 5.84. The Kier molecular flexibility index (Phi) is 4.37. The quantitative estimate of drug-likeness (QED) is 0.635. The molecule has 1 N–H and O–H groups in total. The molecule has 0 saturated heterocycles. The van der Waals surface area contributed by atoms with Crippen LogP contribution in [-0.4, -0.2) is 12.6 Å². The average Bonchev–Trinajstić information content (AvgIpc) is 2.15. The molecule has 12 heavy (non-hydrogen) atoms. The second-order valence-corrected chi connectivity index (χ2v) is 3.88. The van der Waals surface area contributed by atoms with Crippen LogP contribution in [0, 0.1) is 5.92 Å². The van der Waals surface area contributed by atoms with Crippen LogP contribution in [0.3, 0.4) is 0 Å². The summed E-state index contributed by atoms with van der Waals surface area (Å²) in [5, 5.41) is 3.48. The standard InChI is InChI=1S/C11H21N/c1-3-9-12-10(2)11-7-5-4-6-8-11/h3,10-12H,1,4-9H2,2H3/t10-/m1/s1. The maximum atomic E-state index is 3.72. The van der Waals surface area contributed by atoms with Gasteiger partial charge in [-0.25, -0.2) is 0 Å². The van der Waals surface area contributed by atoms with Gasteiger partial charge in [0.1, 0.15) is 0 Å². The van der Waals surface area contributed by atoms with Gasteiger partial charge in [0.25, 0.3) is 0 Å². The average molecular weight is 167 g/mol. The molecule has 1 rings (SSSR count). The Morgan fingerprint density at radius 2 is 2.08 bits per heavy atom. The van der Waals surface area contributed by atoms with Crippen LogP contribution in [-0.2, 0) is 0 Å². The summed E-state index contributed by atoms with van der Waals surface area (Å²) in [5.74, 6) is 0.915. The molecule has 0 aromatic heterocycles. The van der Waals surface area contributed by atoms with E-state index in [1.54, 1.807) is 0 Å². The molecule has 0 radical (unpaired) electrons. The monoisotopic (exact) mass is 167 g/mol. The summed E-state index contributed by atoms with van der Waals surface area (Å²) in [6, 6.07) is 0.684. The Labute approximate surface area is 76.2 Å². The van der Waals surface area contributed by atoms with Crippen molar-refractivity contribution in [1.82, 2.24) is 5.32 Å². The van der Waals surface area contributed by atoms with Crippen LogP contribution in [0.4, 0.5) is 0 Å². The van der Waals surface area contributed by atoms with E-state index >= 15 is 0 Å². The van der Waals surface area contributed by atoms with E-state index in [-0.39, 0.29) is 0 Å². The summed E-state index contributed by atoms with van der Waals surface area (Å²) in [6.07, 6.45) is 9.11. The van der Waals surface area contributed by atoms with Crippen LogP contribution < -0.4 is 5.32 Å². The van der Waals surface area contributed by atoms with Crippen molar-refractivity contribution in [1.29, 1.82) is 0 Å². The van der Waals surface area contributed by atoms with Crippen molar-refractivity contribution >= 4 is 0 Å². The van der Waals surface area contributed by atoms with Crippen LogP contribution in [0.1, 0.15) is 39.0 Å². The molecular weight excluding hydrogens is 146 g/mol. The van der Waals surface area contributed by atoms with Crippen LogP contribution >= 0.6 is 0 Å². The Balaban J connectivity index is 2.19. The lowest BCUT2D eigenvalue weighted by atomic mass is 9.84. The highest BCUT2D eigenvalue weighted by Crippen LogP contribution is 2.26. The fourth-order valence-corrected chi connectivity index (χ4v) is 2.07. The lowest BCUT2D eigenvalue weighted by Gasteiger charge is -2.28. The largest absolute Gasteiger partial charge is 0.311 e. The maximum Gasteiger partial charge on any atom is 0.0134 e. The molecule has 1 saturated carbocycles. The molecule has 1 nitrogen and oxygen atoms in total. The summed E-state index contributed by atoms with van der Waals surface area (Å²) < 4.78 is 0. The van der Waals surface area contributed by atoms with E-state index < -0.39 is 0 Å². The van der Waals surface area contributed by atoms with E-state index in [1.165, 1.54) is 32.1 Å². The van der Waals surface area contributed by atoms with Crippen molar-refractivity contribution in [2.75, 3.05) is 6.54 Å². The molecule has 1 aliphatic carbocycles. The van der Waals surface area contributed by atoms with Gasteiger partial charge < -0.3 is 5.32 Å². The predicted molar refractivity (Wildman–Crippen MR) is 54.2 cm³/mol. The number of rotatable bonds is 4. The molecule has 1 atom stereocenters. The first-order valence-electron chi connectivity index (χ1n) is 5.19. The Hall–Kier alpha value is -0.300. The molecule has 1 aliphatic rings. The minimum absolute atomic E-state index is 0.684. The molecule has 0 aromatic rings. The summed E-state index contributed by atoms with van der Waals surface area (Å²) in [5.41, 5.74) is 0. The minimum atomic E-state index is 0.684. The highest BCUT2D eigenvalue weighted by molar-refractivity contribution is 4.79. The lowest BCUT2D eigenvalue weighted by Crippen LogP contribution is -2.34. The smallest absolute Gasteiger partial charge is 0.0134 e. The van der Waals surface area contributed by atoms with E-state index in [2.05, 4.69) is 18.8 Å². The van der Waals surface area contributed by atoms with Crippen molar-refractivity contribution in [2.45, 2.75) is 45.1 Å². The van der Waals surface area contributed by atoms with E-state index in [4.69, 9.17) is 0 Å². The molecule has 0 unspecified atom stereocenters. The zero-order chi connectivity index (χ0) is 8.81. The molecule has 0 aromatic carbocycles. The predicted octanol–water partition coefficient (Wildman–Crippen LogP) is 2.73. The van der Waals surface area contributed by atoms with E-state index in [1.807, 2.05) is 6.08 Å². The second-order valence-electron chi connectivity index (χ2n) is 3.88. The summed E-state index contributed by atoms with van der Waals surface area (Å²) in [4.78, 5) is 0. The van der Waals surface area contributed by atoms with E-state index in [0.29, 0.717) is 6.04 Å². The van der Waals surface area contributed by atoms with Gasteiger partial charge >= 0.3 is 0 Å². The van der Waals surface area contributed by atoms with Crippen LogP contribution in [0.25, 0.3) is 0 Å². The van der Waals surface area contributed by atoms with Gasteiger partial charge in [0, 0.05) is 12.6 Å². The van der Waals surface area contributed by atoms with Gasteiger partial charge in [0.2, 0.25) is 0 Å².